The number of hydrogen-bond acceptors (Lipinski definition) is 4. The maximum Gasteiger partial charge on any atom is 0.303 e. The van der Waals surface area contributed by atoms with E-state index < -0.39 is 5.97 Å². The van der Waals surface area contributed by atoms with Crippen molar-refractivity contribution in [1.29, 1.82) is 0 Å². The number of aromatic nitrogens is 2. The lowest BCUT2D eigenvalue weighted by Crippen LogP contribution is -2.38. The number of benzene rings is 1. The number of carboxylic acids is 1. The van der Waals surface area contributed by atoms with Crippen molar-refractivity contribution in [3.8, 4) is 11.3 Å². The minimum absolute atomic E-state index is 0.0247. The van der Waals surface area contributed by atoms with Gasteiger partial charge in [0.05, 0.1) is 5.69 Å². The molecular weight excluding hydrogens is 310 g/mol. The molecule has 126 valence electrons. The molecule has 0 saturated carbocycles. The lowest BCUT2D eigenvalue weighted by Gasteiger charge is -2.13. The first-order chi connectivity index (χ1) is 11.5. The average molecular weight is 329 g/mol. The minimum Gasteiger partial charge on any atom is -0.481 e. The first-order valence-corrected chi connectivity index (χ1v) is 7.60. The number of rotatable bonds is 7. The standard InChI is InChI=1S/C17H19N3O4/c1-12(7-10-17(23)24)18-15(21)11-20-16(22)9-8-14(19-20)13-5-3-2-4-6-13/h2-6,8-9,12H,7,10-11H2,1H3,(H,18,21)(H,23,24). The second kappa shape index (κ2) is 8.05. The molecule has 0 radical (unpaired) electrons. The summed E-state index contributed by atoms with van der Waals surface area (Å²) in [5.41, 5.74) is 1.08. The molecule has 0 aliphatic rings. The van der Waals surface area contributed by atoms with E-state index in [0.717, 1.165) is 10.2 Å². The van der Waals surface area contributed by atoms with Gasteiger partial charge in [-0.25, -0.2) is 4.68 Å². The van der Waals surface area contributed by atoms with Crippen LogP contribution >= 0.6 is 0 Å². The zero-order valence-corrected chi connectivity index (χ0v) is 13.3. The van der Waals surface area contributed by atoms with Crippen LogP contribution in [0.4, 0.5) is 0 Å². The van der Waals surface area contributed by atoms with Gasteiger partial charge in [0.2, 0.25) is 5.91 Å². The molecule has 24 heavy (non-hydrogen) atoms. The van der Waals surface area contributed by atoms with E-state index in [2.05, 4.69) is 10.4 Å². The third-order valence-electron chi connectivity index (χ3n) is 3.43. The van der Waals surface area contributed by atoms with Gasteiger partial charge in [0, 0.05) is 24.1 Å². The molecular formula is C17H19N3O4. The molecule has 1 aromatic heterocycles. The smallest absolute Gasteiger partial charge is 0.303 e. The zero-order chi connectivity index (χ0) is 17.5. The number of hydrogen-bond donors (Lipinski definition) is 2. The summed E-state index contributed by atoms with van der Waals surface area (Å²) in [6.45, 7) is 1.51. The number of nitrogens with zero attached hydrogens (tertiary/aromatic N) is 2. The van der Waals surface area contributed by atoms with Crippen molar-refractivity contribution in [3.05, 3.63) is 52.8 Å². The monoisotopic (exact) mass is 329 g/mol. The third-order valence-corrected chi connectivity index (χ3v) is 3.43. The molecule has 2 N–H and O–H groups in total. The fourth-order valence-corrected chi connectivity index (χ4v) is 2.19. The maximum absolute atomic E-state index is 12.0. The van der Waals surface area contributed by atoms with E-state index in [4.69, 9.17) is 5.11 Å². The van der Waals surface area contributed by atoms with Crippen LogP contribution in [-0.2, 0) is 16.1 Å². The van der Waals surface area contributed by atoms with Gasteiger partial charge in [0.25, 0.3) is 5.56 Å². The van der Waals surface area contributed by atoms with Crippen molar-refractivity contribution in [2.75, 3.05) is 0 Å². The Morgan fingerprint density at radius 2 is 1.92 bits per heavy atom. The lowest BCUT2D eigenvalue weighted by molar-refractivity contribution is -0.137. The van der Waals surface area contributed by atoms with Crippen LogP contribution in [0.3, 0.4) is 0 Å². The summed E-state index contributed by atoms with van der Waals surface area (Å²) in [5, 5.41) is 15.5. The fraction of sp³-hybridized carbons (Fsp3) is 0.294. The van der Waals surface area contributed by atoms with E-state index >= 15 is 0 Å². The van der Waals surface area contributed by atoms with E-state index in [1.807, 2.05) is 30.3 Å². The number of carboxylic acid groups (broad SMARTS) is 1. The van der Waals surface area contributed by atoms with Crippen molar-refractivity contribution in [2.45, 2.75) is 32.4 Å². The summed E-state index contributed by atoms with van der Waals surface area (Å²) in [6, 6.07) is 12.0. The van der Waals surface area contributed by atoms with Crippen molar-refractivity contribution < 1.29 is 14.7 Å². The highest BCUT2D eigenvalue weighted by atomic mass is 16.4. The van der Waals surface area contributed by atoms with Crippen molar-refractivity contribution in [2.24, 2.45) is 0 Å². The van der Waals surface area contributed by atoms with Gasteiger partial charge in [-0.05, 0) is 19.4 Å². The van der Waals surface area contributed by atoms with Gasteiger partial charge in [-0.15, -0.1) is 0 Å². The normalized spacial score (nSPS) is 11.7. The van der Waals surface area contributed by atoms with Crippen LogP contribution in [0, 0.1) is 0 Å². The van der Waals surface area contributed by atoms with Gasteiger partial charge in [0.15, 0.2) is 0 Å². The lowest BCUT2D eigenvalue weighted by atomic mass is 10.1. The van der Waals surface area contributed by atoms with Crippen LogP contribution in [0.1, 0.15) is 19.8 Å². The summed E-state index contributed by atoms with van der Waals surface area (Å²) in [4.78, 5) is 34.4. The minimum atomic E-state index is -0.912. The highest BCUT2D eigenvalue weighted by Gasteiger charge is 2.11. The van der Waals surface area contributed by atoms with Crippen LogP contribution < -0.4 is 10.9 Å². The Labute approximate surface area is 138 Å². The zero-order valence-electron chi connectivity index (χ0n) is 13.3. The van der Waals surface area contributed by atoms with Crippen molar-refractivity contribution >= 4 is 11.9 Å². The van der Waals surface area contributed by atoms with Crippen LogP contribution in [-0.4, -0.2) is 32.8 Å². The van der Waals surface area contributed by atoms with Crippen LogP contribution in [0.2, 0.25) is 0 Å². The molecule has 0 aliphatic carbocycles. The number of amides is 1. The second-order valence-electron chi connectivity index (χ2n) is 5.48. The number of carbonyl (C=O) groups is 2. The Balaban J connectivity index is 2.05. The highest BCUT2D eigenvalue weighted by molar-refractivity contribution is 5.76. The molecule has 2 aromatic rings. The van der Waals surface area contributed by atoms with Gasteiger partial charge >= 0.3 is 5.97 Å². The Bertz CT molecular complexity index is 771. The molecule has 0 fully saturated rings. The predicted molar refractivity (Wildman–Crippen MR) is 88.4 cm³/mol. The SMILES string of the molecule is CC(CCC(=O)O)NC(=O)Cn1nc(-c2ccccc2)ccc1=O. The third kappa shape index (κ3) is 5.05. The molecule has 1 atom stereocenters. The van der Waals surface area contributed by atoms with Crippen LogP contribution in [0.25, 0.3) is 11.3 Å². The molecule has 0 bridgehead atoms. The topological polar surface area (TPSA) is 101 Å². The number of nitrogens with one attached hydrogen (secondary N) is 1. The first-order valence-electron chi connectivity index (χ1n) is 7.60. The highest BCUT2D eigenvalue weighted by Crippen LogP contribution is 2.13. The summed E-state index contributed by atoms with van der Waals surface area (Å²) < 4.78 is 1.10. The van der Waals surface area contributed by atoms with Gasteiger partial charge in [-0.2, -0.15) is 5.10 Å². The fourth-order valence-electron chi connectivity index (χ4n) is 2.19. The van der Waals surface area contributed by atoms with Gasteiger partial charge in [-0.3, -0.25) is 14.4 Å². The summed E-state index contributed by atoms with van der Waals surface area (Å²) in [6.07, 6.45) is 0.302. The van der Waals surface area contributed by atoms with Crippen LogP contribution in [0.5, 0.6) is 0 Å². The van der Waals surface area contributed by atoms with Crippen molar-refractivity contribution in [3.63, 3.8) is 0 Å². The second-order valence-corrected chi connectivity index (χ2v) is 5.48. The number of aliphatic carboxylic acids is 1. The first kappa shape index (κ1) is 17.4. The van der Waals surface area contributed by atoms with E-state index in [1.54, 1.807) is 13.0 Å². The van der Waals surface area contributed by atoms with Gasteiger partial charge in [0.1, 0.15) is 6.54 Å². The molecule has 0 aliphatic heterocycles. The van der Waals surface area contributed by atoms with E-state index in [-0.39, 0.29) is 30.5 Å². The van der Waals surface area contributed by atoms with Gasteiger partial charge in [-0.1, -0.05) is 30.3 Å². The molecule has 1 amide bonds. The quantitative estimate of drug-likeness (QED) is 0.797. The molecule has 1 heterocycles. The van der Waals surface area contributed by atoms with Gasteiger partial charge < -0.3 is 10.4 Å². The van der Waals surface area contributed by atoms with E-state index in [9.17, 15) is 14.4 Å². The maximum atomic E-state index is 12.0. The Morgan fingerprint density at radius 1 is 1.21 bits per heavy atom. The Morgan fingerprint density at radius 3 is 2.58 bits per heavy atom. The molecule has 1 aromatic carbocycles. The molecule has 7 heteroatoms. The predicted octanol–water partition coefficient (Wildman–Crippen LogP) is 1.28. The molecule has 1 unspecified atom stereocenters. The molecule has 0 saturated heterocycles. The number of carbonyl (C=O) groups excluding carboxylic acids is 1. The van der Waals surface area contributed by atoms with Crippen molar-refractivity contribution in [1.82, 2.24) is 15.1 Å². The summed E-state index contributed by atoms with van der Waals surface area (Å²) >= 11 is 0. The Hall–Kier alpha value is -2.96. The summed E-state index contributed by atoms with van der Waals surface area (Å²) in [7, 11) is 0. The van der Waals surface area contributed by atoms with E-state index in [0.29, 0.717) is 12.1 Å². The van der Waals surface area contributed by atoms with E-state index in [1.165, 1.54) is 6.07 Å². The van der Waals surface area contributed by atoms with Crippen LogP contribution in [0.15, 0.2) is 47.3 Å². The average Bonchev–Trinajstić information content (AvgIpc) is 2.55. The largest absolute Gasteiger partial charge is 0.481 e. The molecule has 0 spiro atoms. The Kier molecular flexibility index (Phi) is 5.83. The molecule has 2 rings (SSSR count). The molecule has 7 nitrogen and oxygen atoms in total. The summed E-state index contributed by atoms with van der Waals surface area (Å²) in [5.74, 6) is -1.29.